The molecular formula is C27H26FN3O5. The monoisotopic (exact) mass is 491 g/mol. The Morgan fingerprint density at radius 1 is 1.17 bits per heavy atom. The second-order valence-electron chi connectivity index (χ2n) is 8.34. The smallest absolute Gasteiger partial charge is 0.267 e. The second-order valence-corrected chi connectivity index (χ2v) is 8.34. The first kappa shape index (κ1) is 26.2. The molecule has 1 aliphatic heterocycles. The molecule has 9 heteroatoms. The van der Waals surface area contributed by atoms with Crippen molar-refractivity contribution in [3.8, 4) is 29.1 Å². The number of carbonyl (C=O) groups excluding carboxylic acids is 2. The molecule has 0 saturated carbocycles. The molecule has 3 N–H and O–H groups in total. The quantitative estimate of drug-likeness (QED) is 0.541. The third-order valence-electron chi connectivity index (χ3n) is 4.81. The summed E-state index contributed by atoms with van der Waals surface area (Å²) in [6.45, 7) is 3.65. The molecule has 1 aromatic heterocycles. The number of benzene rings is 2. The molecule has 2 heterocycles. The van der Waals surface area contributed by atoms with E-state index in [9.17, 15) is 19.1 Å². The van der Waals surface area contributed by atoms with Gasteiger partial charge in [0.2, 0.25) is 5.91 Å². The molecule has 0 fully saturated rings. The van der Waals surface area contributed by atoms with Crippen LogP contribution in [0.3, 0.4) is 0 Å². The molecule has 36 heavy (non-hydrogen) atoms. The first-order valence-electron chi connectivity index (χ1n) is 11.0. The first-order chi connectivity index (χ1) is 17.0. The van der Waals surface area contributed by atoms with Crippen molar-refractivity contribution in [2.24, 2.45) is 5.73 Å². The summed E-state index contributed by atoms with van der Waals surface area (Å²) < 4.78 is 23.6. The highest BCUT2D eigenvalue weighted by molar-refractivity contribution is 5.95. The van der Waals surface area contributed by atoms with Crippen LogP contribution >= 0.6 is 0 Å². The van der Waals surface area contributed by atoms with Gasteiger partial charge >= 0.3 is 0 Å². The summed E-state index contributed by atoms with van der Waals surface area (Å²) in [6.07, 6.45) is 1.79. The number of rotatable bonds is 3. The molecule has 0 bridgehead atoms. The van der Waals surface area contributed by atoms with Crippen molar-refractivity contribution in [2.45, 2.75) is 25.9 Å². The lowest BCUT2D eigenvalue weighted by Crippen LogP contribution is -2.25. The Balaban J connectivity index is 0.000000202. The van der Waals surface area contributed by atoms with Crippen molar-refractivity contribution >= 4 is 17.5 Å². The van der Waals surface area contributed by atoms with Crippen molar-refractivity contribution in [3.63, 3.8) is 0 Å². The maximum atomic E-state index is 12.7. The van der Waals surface area contributed by atoms with Gasteiger partial charge in [-0.05, 0) is 62.4 Å². The molecule has 8 nitrogen and oxygen atoms in total. The highest BCUT2D eigenvalue weighted by Gasteiger charge is 2.20. The minimum Gasteiger partial charge on any atom is -0.491 e. The van der Waals surface area contributed by atoms with E-state index < -0.39 is 11.5 Å². The zero-order valence-corrected chi connectivity index (χ0v) is 20.1. The van der Waals surface area contributed by atoms with Gasteiger partial charge in [-0.2, -0.15) is 0 Å². The number of pyridine rings is 1. The number of aliphatic hydroxyl groups is 1. The van der Waals surface area contributed by atoms with Crippen molar-refractivity contribution < 1.29 is 28.6 Å². The minimum absolute atomic E-state index is 0.0198. The molecule has 0 aliphatic carbocycles. The number of nitrogens with zero attached hydrogens (tertiary/aromatic N) is 2. The first-order valence-corrected chi connectivity index (χ1v) is 11.0. The Hall–Kier alpha value is -4.42. The predicted octanol–water partition coefficient (Wildman–Crippen LogP) is 3.67. The third kappa shape index (κ3) is 7.55. The average Bonchev–Trinajstić information content (AvgIpc) is 2.97. The number of primary amides is 1. The molecule has 0 atom stereocenters. The van der Waals surface area contributed by atoms with Crippen molar-refractivity contribution in [2.75, 3.05) is 18.6 Å². The van der Waals surface area contributed by atoms with Gasteiger partial charge in [-0.1, -0.05) is 11.8 Å². The topological polar surface area (TPSA) is 115 Å². The van der Waals surface area contributed by atoms with Gasteiger partial charge in [0.1, 0.15) is 34.4 Å². The lowest BCUT2D eigenvalue weighted by atomic mass is 10.1. The molecule has 0 saturated heterocycles. The SMILES string of the molecule is CN1C(=O)CCOc2ccc(C#CC(C)(C)O)cc21.NC(=O)c1cc(Oc2ccc(F)cc2)ccn1. The van der Waals surface area contributed by atoms with E-state index in [0.29, 0.717) is 36.0 Å². The Bertz CT molecular complexity index is 1310. The number of halogens is 1. The van der Waals surface area contributed by atoms with Crippen molar-refractivity contribution in [1.29, 1.82) is 0 Å². The van der Waals surface area contributed by atoms with E-state index in [4.69, 9.17) is 15.2 Å². The van der Waals surface area contributed by atoms with Crippen LogP contribution in [0.15, 0.2) is 60.8 Å². The van der Waals surface area contributed by atoms with Crippen LogP contribution in [-0.4, -0.2) is 41.2 Å². The molecule has 2 amide bonds. The van der Waals surface area contributed by atoms with Gasteiger partial charge in [-0.15, -0.1) is 0 Å². The fraction of sp³-hybridized carbons (Fsp3) is 0.222. The Labute approximate surface area is 208 Å². The third-order valence-corrected chi connectivity index (χ3v) is 4.81. The normalized spacial score (nSPS) is 12.6. The van der Waals surface area contributed by atoms with Gasteiger partial charge in [0.05, 0.1) is 18.7 Å². The Morgan fingerprint density at radius 3 is 2.56 bits per heavy atom. The molecule has 1 aliphatic rings. The molecule has 0 unspecified atom stereocenters. The van der Waals surface area contributed by atoms with Gasteiger partial charge in [-0.3, -0.25) is 14.6 Å². The number of anilines is 1. The summed E-state index contributed by atoms with van der Waals surface area (Å²) in [6, 6.07) is 14.0. The van der Waals surface area contributed by atoms with E-state index in [0.717, 1.165) is 5.56 Å². The van der Waals surface area contributed by atoms with Gasteiger partial charge in [0.25, 0.3) is 5.91 Å². The number of aromatic nitrogens is 1. The molecule has 0 radical (unpaired) electrons. The molecule has 3 aromatic rings. The zero-order chi connectivity index (χ0) is 26.3. The Kier molecular flexibility index (Phi) is 8.25. The van der Waals surface area contributed by atoms with Crippen LogP contribution in [-0.2, 0) is 4.79 Å². The standard InChI is InChI=1S/C15H17NO3.C12H9FN2O2/c1-15(2,18)8-6-11-4-5-13-12(10-11)16(3)14(17)7-9-19-13;13-8-1-3-9(4-2-8)17-10-5-6-15-11(7-10)12(14)16/h4-5,10,18H,7,9H2,1-3H3;1-7H,(H2,14,16). The summed E-state index contributed by atoms with van der Waals surface area (Å²) in [7, 11) is 1.73. The number of hydrogen-bond donors (Lipinski definition) is 2. The minimum atomic E-state index is -1.04. The zero-order valence-electron chi connectivity index (χ0n) is 20.1. The molecule has 4 rings (SSSR count). The lowest BCUT2D eigenvalue weighted by Gasteiger charge is -2.16. The summed E-state index contributed by atoms with van der Waals surface area (Å²) in [5.74, 6) is 6.26. The number of hydrogen-bond acceptors (Lipinski definition) is 6. The average molecular weight is 492 g/mol. The van der Waals surface area contributed by atoms with Crippen LogP contribution < -0.4 is 20.1 Å². The highest BCUT2D eigenvalue weighted by atomic mass is 19.1. The number of nitrogens with two attached hydrogens (primary N) is 1. The van der Waals surface area contributed by atoms with Crippen LogP contribution in [0.5, 0.6) is 17.2 Å². The molecule has 0 spiro atoms. The lowest BCUT2D eigenvalue weighted by molar-refractivity contribution is -0.118. The fourth-order valence-corrected chi connectivity index (χ4v) is 3.00. The van der Waals surface area contributed by atoms with Gasteiger partial charge < -0.3 is 25.2 Å². The molecule has 2 aromatic carbocycles. The summed E-state index contributed by atoms with van der Waals surface area (Å²) in [4.78, 5) is 28.0. The maximum Gasteiger partial charge on any atom is 0.267 e. The highest BCUT2D eigenvalue weighted by Crippen LogP contribution is 2.31. The van der Waals surface area contributed by atoms with E-state index in [2.05, 4.69) is 16.8 Å². The maximum absolute atomic E-state index is 12.7. The predicted molar refractivity (Wildman–Crippen MR) is 132 cm³/mol. The van der Waals surface area contributed by atoms with Crippen LogP contribution in [0.1, 0.15) is 36.3 Å². The van der Waals surface area contributed by atoms with Gasteiger partial charge in [-0.25, -0.2) is 4.39 Å². The van der Waals surface area contributed by atoms with Crippen LogP contribution in [0.4, 0.5) is 10.1 Å². The number of fused-ring (bicyclic) bond motifs is 1. The van der Waals surface area contributed by atoms with E-state index in [-0.39, 0.29) is 17.4 Å². The van der Waals surface area contributed by atoms with Gasteiger partial charge in [0, 0.05) is 24.9 Å². The van der Waals surface area contributed by atoms with Crippen LogP contribution in [0, 0.1) is 17.7 Å². The largest absolute Gasteiger partial charge is 0.491 e. The van der Waals surface area contributed by atoms with Crippen molar-refractivity contribution in [1.82, 2.24) is 4.98 Å². The molecular weight excluding hydrogens is 465 g/mol. The number of ether oxygens (including phenoxy) is 2. The van der Waals surface area contributed by atoms with Crippen molar-refractivity contribution in [3.05, 3.63) is 77.9 Å². The summed E-state index contributed by atoms with van der Waals surface area (Å²) in [5, 5.41) is 9.59. The van der Waals surface area contributed by atoms with E-state index >= 15 is 0 Å². The number of amides is 2. The fourth-order valence-electron chi connectivity index (χ4n) is 3.00. The van der Waals surface area contributed by atoms with E-state index in [1.54, 1.807) is 44.0 Å². The second kappa shape index (κ2) is 11.3. The van der Waals surface area contributed by atoms with Gasteiger partial charge in [0.15, 0.2) is 0 Å². The summed E-state index contributed by atoms with van der Waals surface area (Å²) in [5.41, 5.74) is 5.62. The summed E-state index contributed by atoms with van der Waals surface area (Å²) >= 11 is 0. The van der Waals surface area contributed by atoms with Crippen LogP contribution in [0.2, 0.25) is 0 Å². The van der Waals surface area contributed by atoms with E-state index in [1.165, 1.54) is 36.5 Å². The van der Waals surface area contributed by atoms with Crippen LogP contribution in [0.25, 0.3) is 0 Å². The van der Waals surface area contributed by atoms with E-state index in [1.807, 2.05) is 6.07 Å². The Morgan fingerprint density at radius 2 is 1.89 bits per heavy atom. The number of carbonyl (C=O) groups is 2. The molecule has 186 valence electrons.